The molecule has 6 heteroatoms. The van der Waals surface area contributed by atoms with E-state index in [1.165, 1.54) is 16.8 Å². The number of nitrogens with zero attached hydrogens (tertiary/aromatic N) is 2. The van der Waals surface area contributed by atoms with E-state index in [1.54, 1.807) is 12.1 Å². The van der Waals surface area contributed by atoms with Gasteiger partial charge in [-0.1, -0.05) is 19.1 Å². The van der Waals surface area contributed by atoms with E-state index >= 15 is 0 Å². The number of aryl methyl sites for hydroxylation is 1. The summed E-state index contributed by atoms with van der Waals surface area (Å²) in [5.74, 6) is -0.250. The summed E-state index contributed by atoms with van der Waals surface area (Å²) in [7, 11) is 0. The molecule has 1 aromatic heterocycles. The lowest BCUT2D eigenvalue weighted by Crippen LogP contribution is -2.40. The van der Waals surface area contributed by atoms with Gasteiger partial charge in [-0.3, -0.25) is 14.2 Å². The fourth-order valence-corrected chi connectivity index (χ4v) is 2.34. The van der Waals surface area contributed by atoms with Crippen LogP contribution in [0.5, 0.6) is 0 Å². The molecule has 5 nitrogen and oxygen atoms in total. The Kier molecular flexibility index (Phi) is 5.11. The summed E-state index contributed by atoms with van der Waals surface area (Å²) in [6.07, 6.45) is 2.25. The SMILES string of the molecule is CCCn1ccc(=O)n(CC(=O)c2ccc(I)cc2)c1=O. The largest absolute Gasteiger partial charge is 0.331 e. The molecule has 0 unspecified atom stereocenters. The molecule has 0 N–H and O–H groups in total. The first-order valence-corrected chi connectivity index (χ1v) is 7.70. The number of Topliss-reactive ketones (excluding diaryl/α,β-unsaturated/α-hetero) is 1. The molecule has 21 heavy (non-hydrogen) atoms. The highest BCUT2D eigenvalue weighted by Gasteiger charge is 2.11. The fraction of sp³-hybridized carbons (Fsp3) is 0.267. The van der Waals surface area contributed by atoms with Crippen molar-refractivity contribution in [3.05, 3.63) is 66.5 Å². The summed E-state index contributed by atoms with van der Waals surface area (Å²) in [5.41, 5.74) is -0.401. The van der Waals surface area contributed by atoms with E-state index in [2.05, 4.69) is 22.6 Å². The van der Waals surface area contributed by atoms with Crippen LogP contribution in [0, 0.1) is 3.57 Å². The molecule has 0 aliphatic carbocycles. The minimum absolute atomic E-state index is 0.233. The molecule has 2 rings (SSSR count). The smallest absolute Gasteiger partial charge is 0.300 e. The molecule has 0 aliphatic rings. The standard InChI is InChI=1S/C15H15IN2O3/c1-2-8-17-9-7-14(20)18(15(17)21)10-13(19)11-3-5-12(16)6-4-11/h3-7,9H,2,8,10H2,1H3. The van der Waals surface area contributed by atoms with Crippen molar-refractivity contribution < 1.29 is 4.79 Å². The maximum Gasteiger partial charge on any atom is 0.331 e. The second-order valence-electron chi connectivity index (χ2n) is 4.65. The van der Waals surface area contributed by atoms with Crippen LogP contribution in [0.2, 0.25) is 0 Å². The minimum Gasteiger partial charge on any atom is -0.300 e. The number of carbonyl (C=O) groups is 1. The molecule has 0 radical (unpaired) electrons. The molecule has 1 heterocycles. The van der Waals surface area contributed by atoms with Gasteiger partial charge in [-0.15, -0.1) is 0 Å². The van der Waals surface area contributed by atoms with Crippen molar-refractivity contribution in [3.8, 4) is 0 Å². The van der Waals surface area contributed by atoms with Crippen LogP contribution < -0.4 is 11.2 Å². The Morgan fingerprint density at radius 1 is 1.14 bits per heavy atom. The Morgan fingerprint density at radius 3 is 2.43 bits per heavy atom. The van der Waals surface area contributed by atoms with Crippen molar-refractivity contribution in [3.63, 3.8) is 0 Å². The summed E-state index contributed by atoms with van der Waals surface area (Å²) in [6, 6.07) is 8.34. The minimum atomic E-state index is -0.453. The van der Waals surface area contributed by atoms with Gasteiger partial charge in [0.25, 0.3) is 5.56 Å². The summed E-state index contributed by atoms with van der Waals surface area (Å²) < 4.78 is 3.45. The van der Waals surface area contributed by atoms with Crippen molar-refractivity contribution in [2.45, 2.75) is 26.4 Å². The Balaban J connectivity index is 2.33. The van der Waals surface area contributed by atoms with Crippen LogP contribution in [-0.2, 0) is 13.1 Å². The van der Waals surface area contributed by atoms with Crippen molar-refractivity contribution in [2.75, 3.05) is 0 Å². The summed E-state index contributed by atoms with van der Waals surface area (Å²) in [5, 5.41) is 0. The lowest BCUT2D eigenvalue weighted by molar-refractivity contribution is 0.0968. The van der Waals surface area contributed by atoms with Gasteiger partial charge in [0.1, 0.15) is 0 Å². The van der Waals surface area contributed by atoms with Crippen molar-refractivity contribution >= 4 is 28.4 Å². The highest BCUT2D eigenvalue weighted by Crippen LogP contribution is 2.07. The van der Waals surface area contributed by atoms with Crippen LogP contribution >= 0.6 is 22.6 Å². The number of ketones is 1. The average molecular weight is 398 g/mol. The second-order valence-corrected chi connectivity index (χ2v) is 5.89. The fourth-order valence-electron chi connectivity index (χ4n) is 1.98. The van der Waals surface area contributed by atoms with Gasteiger partial charge >= 0.3 is 5.69 Å². The molecule has 1 aromatic carbocycles. The van der Waals surface area contributed by atoms with Gasteiger partial charge in [-0.2, -0.15) is 0 Å². The lowest BCUT2D eigenvalue weighted by atomic mass is 10.1. The molecule has 2 aromatic rings. The maximum atomic E-state index is 12.2. The monoisotopic (exact) mass is 398 g/mol. The molecule has 0 saturated heterocycles. The highest BCUT2D eigenvalue weighted by atomic mass is 127. The van der Waals surface area contributed by atoms with Gasteiger partial charge in [0.05, 0.1) is 6.54 Å². The molecule has 0 aliphatic heterocycles. The predicted molar refractivity (Wildman–Crippen MR) is 88.7 cm³/mol. The summed E-state index contributed by atoms with van der Waals surface area (Å²) in [6.45, 7) is 2.23. The molecular formula is C15H15IN2O3. The van der Waals surface area contributed by atoms with Gasteiger partial charge in [-0.25, -0.2) is 4.79 Å². The van der Waals surface area contributed by atoms with Gasteiger partial charge in [0, 0.05) is 27.9 Å². The normalized spacial score (nSPS) is 10.6. The zero-order chi connectivity index (χ0) is 15.4. The third-order valence-electron chi connectivity index (χ3n) is 3.07. The van der Waals surface area contributed by atoms with E-state index in [0.717, 1.165) is 14.6 Å². The van der Waals surface area contributed by atoms with E-state index in [-0.39, 0.29) is 12.3 Å². The van der Waals surface area contributed by atoms with Gasteiger partial charge < -0.3 is 4.57 Å². The second kappa shape index (κ2) is 6.84. The molecule has 0 atom stereocenters. The summed E-state index contributed by atoms with van der Waals surface area (Å²) in [4.78, 5) is 36.2. The predicted octanol–water partition coefficient (Wildman–Crippen LogP) is 1.91. The van der Waals surface area contributed by atoms with Crippen LogP contribution in [0.25, 0.3) is 0 Å². The van der Waals surface area contributed by atoms with Crippen LogP contribution in [0.3, 0.4) is 0 Å². The maximum absolute atomic E-state index is 12.2. The van der Waals surface area contributed by atoms with Gasteiger partial charge in [0.2, 0.25) is 0 Å². The number of aromatic nitrogens is 2. The Morgan fingerprint density at radius 2 is 1.81 bits per heavy atom. The van der Waals surface area contributed by atoms with Crippen LogP contribution in [-0.4, -0.2) is 14.9 Å². The zero-order valence-corrected chi connectivity index (χ0v) is 13.7. The Hall–Kier alpha value is -1.70. The molecule has 0 saturated carbocycles. The first-order valence-electron chi connectivity index (χ1n) is 6.62. The zero-order valence-electron chi connectivity index (χ0n) is 11.6. The van der Waals surface area contributed by atoms with E-state index in [4.69, 9.17) is 0 Å². The van der Waals surface area contributed by atoms with E-state index in [0.29, 0.717) is 12.1 Å². The number of benzene rings is 1. The Bertz CT molecular complexity index is 760. The van der Waals surface area contributed by atoms with Crippen molar-refractivity contribution in [2.24, 2.45) is 0 Å². The highest BCUT2D eigenvalue weighted by molar-refractivity contribution is 14.1. The van der Waals surface area contributed by atoms with Crippen LogP contribution in [0.15, 0.2) is 46.1 Å². The van der Waals surface area contributed by atoms with Crippen LogP contribution in [0.1, 0.15) is 23.7 Å². The molecule has 0 amide bonds. The molecule has 0 spiro atoms. The van der Waals surface area contributed by atoms with Gasteiger partial charge in [-0.05, 0) is 41.1 Å². The molecule has 0 fully saturated rings. The van der Waals surface area contributed by atoms with E-state index in [1.807, 2.05) is 19.1 Å². The average Bonchev–Trinajstić information content (AvgIpc) is 2.47. The lowest BCUT2D eigenvalue weighted by Gasteiger charge is -2.08. The number of halogens is 1. The van der Waals surface area contributed by atoms with Crippen molar-refractivity contribution in [1.29, 1.82) is 0 Å². The third kappa shape index (κ3) is 3.69. The number of rotatable bonds is 5. The van der Waals surface area contributed by atoms with Crippen molar-refractivity contribution in [1.82, 2.24) is 9.13 Å². The molecular weight excluding hydrogens is 383 g/mol. The topological polar surface area (TPSA) is 61.1 Å². The van der Waals surface area contributed by atoms with E-state index in [9.17, 15) is 14.4 Å². The Labute approximate surface area is 135 Å². The molecule has 0 bridgehead atoms. The number of hydrogen-bond donors (Lipinski definition) is 0. The van der Waals surface area contributed by atoms with E-state index < -0.39 is 11.2 Å². The summed E-state index contributed by atoms with van der Waals surface area (Å²) >= 11 is 2.15. The van der Waals surface area contributed by atoms with Crippen LogP contribution in [0.4, 0.5) is 0 Å². The first kappa shape index (κ1) is 15.7. The quantitative estimate of drug-likeness (QED) is 0.571. The molecule has 110 valence electrons. The first-order chi connectivity index (χ1) is 10.0. The number of hydrogen-bond acceptors (Lipinski definition) is 3. The third-order valence-corrected chi connectivity index (χ3v) is 3.79. The number of carbonyl (C=O) groups excluding carboxylic acids is 1. The van der Waals surface area contributed by atoms with Gasteiger partial charge in [0.15, 0.2) is 5.78 Å².